The van der Waals surface area contributed by atoms with E-state index in [-0.39, 0.29) is 0 Å². The van der Waals surface area contributed by atoms with Crippen molar-refractivity contribution in [2.24, 2.45) is 5.92 Å². The van der Waals surface area contributed by atoms with Crippen LogP contribution >= 0.6 is 0 Å². The van der Waals surface area contributed by atoms with Gasteiger partial charge >= 0.3 is 0 Å². The van der Waals surface area contributed by atoms with E-state index in [0.29, 0.717) is 5.92 Å². The maximum Gasteiger partial charge on any atom is 0.152 e. The minimum atomic E-state index is 0.522. The van der Waals surface area contributed by atoms with Crippen LogP contribution in [0.25, 0.3) is 0 Å². The second-order valence-corrected chi connectivity index (χ2v) is 2.72. The highest BCUT2D eigenvalue weighted by molar-refractivity contribution is 5.18. The summed E-state index contributed by atoms with van der Waals surface area (Å²) in [5.74, 6) is 5.96. The highest BCUT2D eigenvalue weighted by Crippen LogP contribution is 2.22. The molecule has 0 radical (unpaired) electrons. The fourth-order valence-electron chi connectivity index (χ4n) is 1.38. The Hall–Kier alpha value is -0.950. The average Bonchev–Trinajstić information content (AvgIpc) is 2.03. The van der Waals surface area contributed by atoms with E-state index in [2.05, 4.69) is 11.8 Å². The van der Waals surface area contributed by atoms with Crippen LogP contribution in [0.3, 0.4) is 0 Å². The number of nitriles is 1. The van der Waals surface area contributed by atoms with Crippen LogP contribution in [-0.4, -0.2) is 0 Å². The lowest BCUT2D eigenvalue weighted by Crippen LogP contribution is -2.02. The third kappa shape index (κ3) is 2.11. The molecule has 1 fully saturated rings. The van der Waals surface area contributed by atoms with Gasteiger partial charge in [-0.3, -0.25) is 0 Å². The number of hydrogen-bond donors (Lipinski definition) is 0. The van der Waals surface area contributed by atoms with Gasteiger partial charge in [0.15, 0.2) is 6.07 Å². The first-order valence-corrected chi connectivity index (χ1v) is 3.83. The van der Waals surface area contributed by atoms with E-state index in [4.69, 9.17) is 5.26 Å². The van der Waals surface area contributed by atoms with Gasteiger partial charge < -0.3 is 0 Å². The first-order valence-electron chi connectivity index (χ1n) is 3.83. The average molecular weight is 133 g/mol. The molecule has 0 N–H and O–H groups in total. The van der Waals surface area contributed by atoms with Crippen LogP contribution in [0.2, 0.25) is 0 Å². The predicted octanol–water partition coefficient (Wildman–Crippen LogP) is 2.09. The third-order valence-corrected chi connectivity index (χ3v) is 1.94. The minimum Gasteiger partial charge on any atom is -0.183 e. The molecule has 0 unspecified atom stereocenters. The van der Waals surface area contributed by atoms with E-state index < -0.39 is 0 Å². The maximum absolute atomic E-state index is 8.17. The summed E-state index contributed by atoms with van der Waals surface area (Å²) in [6.07, 6.45) is 6.35. The Kier molecular flexibility index (Phi) is 2.84. The molecule has 1 rings (SSSR count). The van der Waals surface area contributed by atoms with E-state index in [0.717, 1.165) is 0 Å². The second kappa shape index (κ2) is 3.96. The summed E-state index contributed by atoms with van der Waals surface area (Å²) in [5.41, 5.74) is 0. The molecular weight excluding hydrogens is 122 g/mol. The Balaban J connectivity index is 2.34. The van der Waals surface area contributed by atoms with Gasteiger partial charge in [0.25, 0.3) is 0 Å². The van der Waals surface area contributed by atoms with Crippen molar-refractivity contribution in [3.63, 3.8) is 0 Å². The van der Waals surface area contributed by atoms with Gasteiger partial charge in [0.05, 0.1) is 0 Å². The smallest absolute Gasteiger partial charge is 0.152 e. The zero-order valence-corrected chi connectivity index (χ0v) is 6.06. The molecular formula is C9H11N. The molecule has 1 nitrogen and oxygen atoms in total. The number of nitrogens with zero attached hydrogens (tertiary/aromatic N) is 1. The van der Waals surface area contributed by atoms with E-state index in [1.54, 1.807) is 0 Å². The van der Waals surface area contributed by atoms with Crippen LogP contribution in [-0.2, 0) is 0 Å². The monoisotopic (exact) mass is 133 g/mol. The molecule has 1 aliphatic rings. The van der Waals surface area contributed by atoms with Gasteiger partial charge in [-0.05, 0) is 12.8 Å². The molecule has 0 aromatic heterocycles. The molecule has 1 aliphatic carbocycles. The summed E-state index contributed by atoms with van der Waals surface area (Å²) >= 11 is 0. The fourth-order valence-corrected chi connectivity index (χ4v) is 1.38. The van der Waals surface area contributed by atoms with E-state index in [1.807, 2.05) is 6.07 Å². The molecule has 0 aliphatic heterocycles. The normalized spacial score (nSPS) is 18.7. The van der Waals surface area contributed by atoms with Crippen LogP contribution in [0.5, 0.6) is 0 Å². The molecule has 0 aromatic carbocycles. The number of rotatable bonds is 0. The Morgan fingerprint density at radius 2 is 1.80 bits per heavy atom. The topological polar surface area (TPSA) is 23.8 Å². The van der Waals surface area contributed by atoms with Crippen LogP contribution in [0, 0.1) is 29.1 Å². The van der Waals surface area contributed by atoms with Gasteiger partial charge in [-0.1, -0.05) is 25.2 Å². The lowest BCUT2D eigenvalue weighted by Gasteiger charge is -2.14. The first-order chi connectivity index (χ1) is 4.93. The maximum atomic E-state index is 8.17. The van der Waals surface area contributed by atoms with Crippen molar-refractivity contribution in [1.82, 2.24) is 0 Å². The Morgan fingerprint density at radius 3 is 2.40 bits per heavy atom. The lowest BCUT2D eigenvalue weighted by molar-refractivity contribution is 0.430. The standard InChI is InChI=1S/C9H11N/c10-8-4-7-9-5-2-1-3-6-9/h9H,1-3,5-6H2. The molecule has 0 saturated heterocycles. The van der Waals surface area contributed by atoms with Gasteiger partial charge in [-0.2, -0.15) is 5.26 Å². The largest absolute Gasteiger partial charge is 0.183 e. The second-order valence-electron chi connectivity index (χ2n) is 2.72. The SMILES string of the molecule is N#CC#CC1CCCCC1. The van der Waals surface area contributed by atoms with Crippen molar-refractivity contribution in [3.05, 3.63) is 0 Å². The quantitative estimate of drug-likeness (QED) is 0.464. The molecule has 10 heavy (non-hydrogen) atoms. The fraction of sp³-hybridized carbons (Fsp3) is 0.667. The Bertz CT molecular complexity index is 183. The summed E-state index contributed by atoms with van der Waals surface area (Å²) in [7, 11) is 0. The summed E-state index contributed by atoms with van der Waals surface area (Å²) in [6.45, 7) is 0. The molecule has 0 aromatic rings. The zero-order valence-electron chi connectivity index (χ0n) is 6.06. The van der Waals surface area contributed by atoms with Gasteiger partial charge in [0, 0.05) is 11.8 Å². The molecule has 0 heterocycles. The van der Waals surface area contributed by atoms with E-state index in [9.17, 15) is 0 Å². The molecule has 0 amide bonds. The summed E-state index contributed by atoms with van der Waals surface area (Å²) in [6, 6.07) is 1.85. The zero-order chi connectivity index (χ0) is 7.23. The molecule has 0 spiro atoms. The summed E-state index contributed by atoms with van der Waals surface area (Å²) in [5, 5.41) is 8.17. The van der Waals surface area contributed by atoms with Crippen LogP contribution in [0.4, 0.5) is 0 Å². The van der Waals surface area contributed by atoms with Crippen molar-refractivity contribution in [2.45, 2.75) is 32.1 Å². The third-order valence-electron chi connectivity index (χ3n) is 1.94. The Labute approximate surface area is 62.0 Å². The van der Waals surface area contributed by atoms with Crippen molar-refractivity contribution >= 4 is 0 Å². The predicted molar refractivity (Wildman–Crippen MR) is 40.0 cm³/mol. The molecule has 1 saturated carbocycles. The lowest BCUT2D eigenvalue weighted by atomic mass is 9.90. The molecule has 1 heteroatoms. The van der Waals surface area contributed by atoms with Crippen molar-refractivity contribution in [3.8, 4) is 17.9 Å². The Morgan fingerprint density at radius 1 is 1.10 bits per heavy atom. The van der Waals surface area contributed by atoms with Gasteiger partial charge in [-0.25, -0.2) is 0 Å². The first kappa shape index (κ1) is 7.16. The van der Waals surface area contributed by atoms with Crippen LogP contribution in [0.15, 0.2) is 0 Å². The van der Waals surface area contributed by atoms with E-state index >= 15 is 0 Å². The minimum absolute atomic E-state index is 0.522. The summed E-state index contributed by atoms with van der Waals surface area (Å²) in [4.78, 5) is 0. The highest BCUT2D eigenvalue weighted by atomic mass is 14.2. The van der Waals surface area contributed by atoms with Crippen LogP contribution < -0.4 is 0 Å². The van der Waals surface area contributed by atoms with Crippen molar-refractivity contribution in [1.29, 1.82) is 5.26 Å². The molecule has 0 atom stereocenters. The van der Waals surface area contributed by atoms with Gasteiger partial charge in [0.1, 0.15) is 0 Å². The summed E-state index contributed by atoms with van der Waals surface area (Å²) < 4.78 is 0. The van der Waals surface area contributed by atoms with Crippen molar-refractivity contribution < 1.29 is 0 Å². The molecule has 52 valence electrons. The van der Waals surface area contributed by atoms with E-state index in [1.165, 1.54) is 32.1 Å². The van der Waals surface area contributed by atoms with Gasteiger partial charge in [0.2, 0.25) is 0 Å². The van der Waals surface area contributed by atoms with Gasteiger partial charge in [-0.15, -0.1) is 0 Å². The van der Waals surface area contributed by atoms with Crippen molar-refractivity contribution in [2.75, 3.05) is 0 Å². The van der Waals surface area contributed by atoms with Crippen LogP contribution in [0.1, 0.15) is 32.1 Å². The highest BCUT2D eigenvalue weighted by Gasteiger charge is 2.09. The number of hydrogen-bond acceptors (Lipinski definition) is 1. The molecule has 0 bridgehead atoms.